The molecular formula is C14H14ClN3O5S. The number of pyridine rings is 2. The molecule has 2 aromatic heterocycles. The van der Waals surface area contributed by atoms with Crippen molar-refractivity contribution in [1.82, 2.24) is 9.97 Å². The van der Waals surface area contributed by atoms with E-state index in [1.165, 1.54) is 44.6 Å². The molecule has 8 nitrogen and oxygen atoms in total. The number of aromatic nitrogens is 2. The first-order valence-corrected chi connectivity index (χ1v) is 8.76. The number of hydrogen-bond donors (Lipinski definition) is 0. The van der Waals surface area contributed by atoms with Crippen molar-refractivity contribution in [2.24, 2.45) is 0 Å². The van der Waals surface area contributed by atoms with Crippen molar-refractivity contribution in [2.45, 2.75) is 0 Å². The molecule has 0 spiro atoms. The summed E-state index contributed by atoms with van der Waals surface area (Å²) in [5.41, 5.74) is -0.196. The molecule has 0 aliphatic carbocycles. The molecule has 2 heterocycles. The Kier molecular flexibility index (Phi) is 5.25. The van der Waals surface area contributed by atoms with Crippen LogP contribution in [-0.4, -0.2) is 44.8 Å². The molecule has 0 N–H and O–H groups in total. The molecule has 1 amide bonds. The van der Waals surface area contributed by atoms with E-state index in [2.05, 4.69) is 9.97 Å². The molecule has 0 radical (unpaired) electrons. The third kappa shape index (κ3) is 3.74. The number of carbonyl (C=O) groups excluding carboxylic acids is 1. The Labute approximate surface area is 144 Å². The fourth-order valence-electron chi connectivity index (χ4n) is 1.90. The maximum Gasteiger partial charge on any atom is 0.290 e. The lowest BCUT2D eigenvalue weighted by Gasteiger charge is -2.21. The zero-order valence-electron chi connectivity index (χ0n) is 13.1. The van der Waals surface area contributed by atoms with E-state index in [-0.39, 0.29) is 28.3 Å². The van der Waals surface area contributed by atoms with Gasteiger partial charge in [-0.05, 0) is 18.2 Å². The summed E-state index contributed by atoms with van der Waals surface area (Å²) in [6.45, 7) is 0. The van der Waals surface area contributed by atoms with Gasteiger partial charge in [-0.1, -0.05) is 17.7 Å². The van der Waals surface area contributed by atoms with Gasteiger partial charge in [0.15, 0.2) is 0 Å². The summed E-state index contributed by atoms with van der Waals surface area (Å²) in [5, 5.41) is 0.0640. The summed E-state index contributed by atoms with van der Waals surface area (Å²) in [6.07, 6.45) is 0.888. The number of sulfonamides is 1. The lowest BCUT2D eigenvalue weighted by atomic mass is 10.3. The van der Waals surface area contributed by atoms with Crippen LogP contribution in [0.1, 0.15) is 10.5 Å². The number of nitrogens with zero attached hydrogens (tertiary/aromatic N) is 3. The molecule has 0 atom stereocenters. The van der Waals surface area contributed by atoms with Gasteiger partial charge in [-0.15, -0.1) is 0 Å². The first-order valence-electron chi connectivity index (χ1n) is 6.54. The van der Waals surface area contributed by atoms with Gasteiger partial charge in [0.2, 0.25) is 21.8 Å². The monoisotopic (exact) mass is 371 g/mol. The highest BCUT2D eigenvalue weighted by Crippen LogP contribution is 2.31. The van der Waals surface area contributed by atoms with Gasteiger partial charge in [0.05, 0.1) is 20.5 Å². The predicted octanol–water partition coefficient (Wildman–Crippen LogP) is 1.75. The molecule has 0 aromatic carbocycles. The van der Waals surface area contributed by atoms with E-state index in [0.29, 0.717) is 4.31 Å². The smallest absolute Gasteiger partial charge is 0.290 e. The fraction of sp³-hybridized carbons (Fsp3) is 0.214. The van der Waals surface area contributed by atoms with Crippen LogP contribution in [0.15, 0.2) is 30.3 Å². The first kappa shape index (κ1) is 18.0. The molecular weight excluding hydrogens is 358 g/mol. The number of halogens is 1. The Hall–Kier alpha value is -2.39. The molecule has 0 unspecified atom stereocenters. The topological polar surface area (TPSA) is 98.7 Å². The average Bonchev–Trinajstić information content (AvgIpc) is 2.54. The second kappa shape index (κ2) is 7.02. The zero-order valence-corrected chi connectivity index (χ0v) is 14.6. The summed E-state index contributed by atoms with van der Waals surface area (Å²) in [4.78, 5) is 20.5. The maximum absolute atomic E-state index is 12.7. The van der Waals surface area contributed by atoms with Crippen molar-refractivity contribution in [1.29, 1.82) is 0 Å². The molecule has 0 saturated heterocycles. The van der Waals surface area contributed by atoms with E-state index in [4.69, 9.17) is 21.1 Å². The summed E-state index contributed by atoms with van der Waals surface area (Å²) in [7, 11) is -1.29. The van der Waals surface area contributed by atoms with Gasteiger partial charge in [0.25, 0.3) is 5.91 Å². The summed E-state index contributed by atoms with van der Waals surface area (Å²) < 4.78 is 35.0. The molecule has 24 heavy (non-hydrogen) atoms. The van der Waals surface area contributed by atoms with Gasteiger partial charge in [-0.3, -0.25) is 4.79 Å². The van der Waals surface area contributed by atoms with E-state index >= 15 is 0 Å². The minimum absolute atomic E-state index is 0.0624. The Balaban J connectivity index is 2.61. The van der Waals surface area contributed by atoms with Crippen LogP contribution in [0, 0.1) is 0 Å². The van der Waals surface area contributed by atoms with Gasteiger partial charge in [-0.2, -0.15) is 9.29 Å². The van der Waals surface area contributed by atoms with Crippen molar-refractivity contribution >= 4 is 33.2 Å². The number of rotatable bonds is 5. The van der Waals surface area contributed by atoms with Crippen molar-refractivity contribution < 1.29 is 22.7 Å². The van der Waals surface area contributed by atoms with Crippen LogP contribution in [0.3, 0.4) is 0 Å². The highest BCUT2D eigenvalue weighted by Gasteiger charge is 2.31. The quantitative estimate of drug-likeness (QED) is 0.738. The maximum atomic E-state index is 12.7. The minimum atomic E-state index is -3.99. The van der Waals surface area contributed by atoms with Crippen LogP contribution < -0.4 is 13.8 Å². The number of anilines is 1. The normalized spacial score (nSPS) is 11.0. The Bertz CT molecular complexity index is 872. The van der Waals surface area contributed by atoms with Gasteiger partial charge in [-0.25, -0.2) is 13.4 Å². The van der Waals surface area contributed by atoms with E-state index in [1.807, 2.05) is 0 Å². The van der Waals surface area contributed by atoms with Crippen LogP contribution in [-0.2, 0) is 10.0 Å². The standard InChI is InChI=1S/C14H14ClN3O5S/c1-22-12-8-7-10(13(17-12)23-2)18(24(3,20)21)14(19)9-5-4-6-11(15)16-9/h4-8H,1-3H3. The second-order valence-electron chi connectivity index (χ2n) is 4.56. The second-order valence-corrected chi connectivity index (χ2v) is 6.78. The number of ether oxygens (including phenoxy) is 2. The van der Waals surface area contributed by atoms with Crippen LogP contribution in [0.5, 0.6) is 11.8 Å². The van der Waals surface area contributed by atoms with Gasteiger partial charge >= 0.3 is 0 Å². The van der Waals surface area contributed by atoms with E-state index in [1.54, 1.807) is 0 Å². The van der Waals surface area contributed by atoms with Crippen LogP contribution in [0.4, 0.5) is 5.69 Å². The highest BCUT2D eigenvalue weighted by atomic mass is 35.5. The molecule has 128 valence electrons. The van der Waals surface area contributed by atoms with Gasteiger partial charge < -0.3 is 9.47 Å². The highest BCUT2D eigenvalue weighted by molar-refractivity contribution is 7.92. The predicted molar refractivity (Wildman–Crippen MR) is 88.2 cm³/mol. The summed E-state index contributed by atoms with van der Waals surface area (Å²) in [6, 6.07) is 7.09. The van der Waals surface area contributed by atoms with Crippen molar-refractivity contribution in [3.8, 4) is 11.8 Å². The number of carbonyl (C=O) groups is 1. The van der Waals surface area contributed by atoms with Gasteiger partial charge in [0.1, 0.15) is 16.5 Å². The van der Waals surface area contributed by atoms with E-state index in [0.717, 1.165) is 6.26 Å². The molecule has 2 rings (SSSR count). The summed E-state index contributed by atoms with van der Waals surface area (Å²) >= 11 is 5.77. The third-order valence-corrected chi connectivity index (χ3v) is 4.12. The van der Waals surface area contributed by atoms with Crippen LogP contribution in [0.25, 0.3) is 0 Å². The van der Waals surface area contributed by atoms with Crippen molar-refractivity contribution in [3.63, 3.8) is 0 Å². The lowest BCUT2D eigenvalue weighted by Crippen LogP contribution is -2.37. The van der Waals surface area contributed by atoms with Crippen molar-refractivity contribution in [3.05, 3.63) is 41.2 Å². The Morgan fingerprint density at radius 2 is 1.83 bits per heavy atom. The van der Waals surface area contributed by atoms with E-state index < -0.39 is 15.9 Å². The molecule has 10 heteroatoms. The molecule has 0 aliphatic heterocycles. The number of amides is 1. The van der Waals surface area contributed by atoms with Crippen molar-refractivity contribution in [2.75, 3.05) is 24.8 Å². The third-order valence-electron chi connectivity index (χ3n) is 2.89. The Morgan fingerprint density at radius 1 is 1.12 bits per heavy atom. The summed E-state index contributed by atoms with van der Waals surface area (Å²) in [5.74, 6) is -0.766. The molecule has 0 fully saturated rings. The molecule has 0 saturated carbocycles. The average molecular weight is 372 g/mol. The van der Waals surface area contributed by atoms with Crippen LogP contribution >= 0.6 is 11.6 Å². The molecule has 0 aliphatic rings. The fourth-order valence-corrected chi connectivity index (χ4v) is 2.96. The minimum Gasteiger partial charge on any atom is -0.481 e. The largest absolute Gasteiger partial charge is 0.481 e. The lowest BCUT2D eigenvalue weighted by molar-refractivity contribution is 0.1000. The van der Waals surface area contributed by atoms with Gasteiger partial charge in [0, 0.05) is 6.07 Å². The first-order chi connectivity index (χ1) is 11.3. The SMILES string of the molecule is COc1ccc(N(C(=O)c2cccc(Cl)n2)S(C)(=O)=O)c(OC)n1. The zero-order chi connectivity index (χ0) is 17.9. The Morgan fingerprint density at radius 3 is 2.38 bits per heavy atom. The molecule has 2 aromatic rings. The van der Waals surface area contributed by atoms with Crippen LogP contribution in [0.2, 0.25) is 5.15 Å². The number of hydrogen-bond acceptors (Lipinski definition) is 7. The van der Waals surface area contributed by atoms with E-state index in [9.17, 15) is 13.2 Å². The number of methoxy groups -OCH3 is 2. The molecule has 0 bridgehead atoms.